The highest BCUT2D eigenvalue weighted by Crippen LogP contribution is 2.38. The Bertz CT molecular complexity index is 1110. The number of nitrogens with zero attached hydrogens (tertiary/aromatic N) is 1. The Kier molecular flexibility index (Phi) is 28.8. The van der Waals surface area contributed by atoms with Crippen LogP contribution in [0.1, 0.15) is 142 Å². The molecular weight excluding hydrogens is 693 g/mol. The standard InChI is InChI=1S/C42H74NO9P/c1-6-8-10-12-14-16-17-19-21-23-29-33-42(45)51-38(37-50-53(46,47)49-35-34-43(3,4)5)36-48-41(44)32-28-25-24-27-31-40-39(52-40)30-26-22-20-18-15-13-11-9-7-2/h12,14-15,18,22,24,26-27,38-40H,6-11,13,16-17,19-21,23,25,28-37H2,1-5H3/b14-12-,18-15-,26-22-,27-24-/t38-,39?,40?/m1/s1. The van der Waals surface area contributed by atoms with Gasteiger partial charge < -0.3 is 32.6 Å². The van der Waals surface area contributed by atoms with E-state index in [9.17, 15) is 19.0 Å². The Labute approximate surface area is 322 Å². The monoisotopic (exact) mass is 768 g/mol. The summed E-state index contributed by atoms with van der Waals surface area (Å²) in [5.41, 5.74) is 0. The summed E-state index contributed by atoms with van der Waals surface area (Å²) in [5, 5.41) is 0. The van der Waals surface area contributed by atoms with Crippen molar-refractivity contribution in [1.82, 2.24) is 0 Å². The van der Waals surface area contributed by atoms with Crippen LogP contribution in [0.5, 0.6) is 0 Å². The van der Waals surface area contributed by atoms with E-state index in [2.05, 4.69) is 62.5 Å². The highest BCUT2D eigenvalue weighted by molar-refractivity contribution is 7.45. The fourth-order valence-electron chi connectivity index (χ4n) is 5.31. The predicted molar refractivity (Wildman–Crippen MR) is 212 cm³/mol. The fraction of sp³-hybridized carbons (Fsp3) is 0.762. The summed E-state index contributed by atoms with van der Waals surface area (Å²) in [7, 11) is 1.11. The third-order valence-electron chi connectivity index (χ3n) is 8.72. The molecule has 0 aromatic rings. The number of hydrogen-bond donors (Lipinski definition) is 0. The maximum Gasteiger partial charge on any atom is 0.306 e. The molecule has 0 N–H and O–H groups in total. The minimum absolute atomic E-state index is 0.0454. The van der Waals surface area contributed by atoms with Gasteiger partial charge in [-0.2, -0.15) is 0 Å². The van der Waals surface area contributed by atoms with Gasteiger partial charge in [-0.25, -0.2) is 0 Å². The molecule has 0 spiro atoms. The molecule has 4 atom stereocenters. The minimum atomic E-state index is -4.64. The number of allylic oxidation sites excluding steroid dienone is 6. The van der Waals surface area contributed by atoms with E-state index in [0.717, 1.165) is 70.6 Å². The van der Waals surface area contributed by atoms with Crippen molar-refractivity contribution in [1.29, 1.82) is 0 Å². The number of epoxide rings is 1. The number of likely N-dealkylation sites (N-methyl/N-ethyl adjacent to an activating group) is 1. The van der Waals surface area contributed by atoms with Gasteiger partial charge in [0.15, 0.2) is 6.10 Å². The molecule has 1 aliphatic rings. The zero-order chi connectivity index (χ0) is 39.0. The van der Waals surface area contributed by atoms with Crippen molar-refractivity contribution in [2.75, 3.05) is 47.5 Å². The lowest BCUT2D eigenvalue weighted by molar-refractivity contribution is -0.870. The number of phosphoric ester groups is 1. The SMILES string of the molecule is CCCC/C=C\CCCCCCCC(=O)O[C@H](COC(=O)CCC/C=C\CC1OC1C/C=C\C/C=C\CCCCC)COP(=O)([O-])OCC[N+](C)(C)C. The van der Waals surface area contributed by atoms with Gasteiger partial charge in [0.25, 0.3) is 7.82 Å². The van der Waals surface area contributed by atoms with Crippen molar-refractivity contribution in [3.05, 3.63) is 48.6 Å². The maximum absolute atomic E-state index is 12.6. The number of carbonyl (C=O) groups is 2. The first kappa shape index (κ1) is 48.9. The van der Waals surface area contributed by atoms with Crippen LogP contribution in [0.2, 0.25) is 0 Å². The van der Waals surface area contributed by atoms with E-state index in [4.69, 9.17) is 23.3 Å². The van der Waals surface area contributed by atoms with Crippen LogP contribution < -0.4 is 4.89 Å². The first-order chi connectivity index (χ1) is 25.5. The fourth-order valence-corrected chi connectivity index (χ4v) is 6.04. The molecule has 1 fully saturated rings. The van der Waals surface area contributed by atoms with Crippen molar-refractivity contribution < 1.29 is 46.8 Å². The van der Waals surface area contributed by atoms with E-state index >= 15 is 0 Å². The van der Waals surface area contributed by atoms with E-state index in [0.29, 0.717) is 23.9 Å². The van der Waals surface area contributed by atoms with Gasteiger partial charge in [0.2, 0.25) is 0 Å². The number of esters is 2. The molecule has 1 saturated heterocycles. The zero-order valence-corrected chi connectivity index (χ0v) is 34.8. The summed E-state index contributed by atoms with van der Waals surface area (Å²) in [4.78, 5) is 37.4. The normalized spacial score (nSPS) is 18.0. The highest BCUT2D eigenvalue weighted by atomic mass is 31.2. The van der Waals surface area contributed by atoms with Crippen LogP contribution in [0.25, 0.3) is 0 Å². The molecule has 10 nitrogen and oxygen atoms in total. The molecule has 1 rings (SSSR count). The smallest absolute Gasteiger partial charge is 0.306 e. The molecule has 0 aromatic heterocycles. The van der Waals surface area contributed by atoms with Gasteiger partial charge in [0.1, 0.15) is 19.8 Å². The summed E-state index contributed by atoms with van der Waals surface area (Å²) in [6.45, 7) is 4.04. The predicted octanol–water partition coefficient (Wildman–Crippen LogP) is 9.48. The Morgan fingerprint density at radius 3 is 1.92 bits per heavy atom. The van der Waals surface area contributed by atoms with E-state index in [1.54, 1.807) is 0 Å². The van der Waals surface area contributed by atoms with Crippen LogP contribution in [-0.2, 0) is 37.4 Å². The van der Waals surface area contributed by atoms with Crippen LogP contribution in [0.15, 0.2) is 48.6 Å². The van der Waals surface area contributed by atoms with Crippen molar-refractivity contribution >= 4 is 19.8 Å². The van der Waals surface area contributed by atoms with Gasteiger partial charge >= 0.3 is 11.9 Å². The molecule has 3 unspecified atom stereocenters. The highest BCUT2D eigenvalue weighted by Gasteiger charge is 2.36. The maximum atomic E-state index is 12.6. The number of unbranched alkanes of at least 4 members (excludes halogenated alkanes) is 11. The molecule has 0 bridgehead atoms. The van der Waals surface area contributed by atoms with E-state index in [1.807, 2.05) is 21.1 Å². The Morgan fingerprint density at radius 1 is 0.679 bits per heavy atom. The van der Waals surface area contributed by atoms with Crippen LogP contribution in [-0.4, -0.2) is 82.2 Å². The second-order valence-corrected chi connectivity index (χ2v) is 16.4. The van der Waals surface area contributed by atoms with Crippen LogP contribution >= 0.6 is 7.82 Å². The van der Waals surface area contributed by atoms with Gasteiger partial charge in [0.05, 0.1) is 40.0 Å². The Morgan fingerprint density at radius 2 is 1.23 bits per heavy atom. The van der Waals surface area contributed by atoms with E-state index < -0.39 is 32.5 Å². The Balaban J connectivity index is 2.36. The second kappa shape index (κ2) is 31.2. The van der Waals surface area contributed by atoms with Crippen molar-refractivity contribution in [3.63, 3.8) is 0 Å². The number of quaternary nitrogens is 1. The number of rotatable bonds is 35. The molecule has 0 amide bonds. The average molecular weight is 768 g/mol. The van der Waals surface area contributed by atoms with Crippen LogP contribution in [0, 0.1) is 0 Å². The van der Waals surface area contributed by atoms with E-state index in [-0.39, 0.29) is 38.3 Å². The summed E-state index contributed by atoms with van der Waals surface area (Å²) in [6.07, 6.45) is 36.0. The zero-order valence-electron chi connectivity index (χ0n) is 33.9. The topological polar surface area (TPSA) is 124 Å². The van der Waals surface area contributed by atoms with Crippen LogP contribution in [0.3, 0.4) is 0 Å². The van der Waals surface area contributed by atoms with Gasteiger partial charge in [-0.1, -0.05) is 107 Å². The summed E-state index contributed by atoms with van der Waals surface area (Å²) >= 11 is 0. The van der Waals surface area contributed by atoms with Gasteiger partial charge in [-0.3, -0.25) is 14.2 Å². The summed E-state index contributed by atoms with van der Waals surface area (Å²) in [5.74, 6) is -0.925. The molecule has 53 heavy (non-hydrogen) atoms. The Hall–Kier alpha value is -2.07. The lowest BCUT2D eigenvalue weighted by Gasteiger charge is -2.28. The third kappa shape index (κ3) is 31.9. The second-order valence-electron chi connectivity index (χ2n) is 15.0. The summed E-state index contributed by atoms with van der Waals surface area (Å²) < 4.78 is 39.5. The van der Waals surface area contributed by atoms with Crippen molar-refractivity contribution in [3.8, 4) is 0 Å². The number of hydrogen-bond acceptors (Lipinski definition) is 9. The average Bonchev–Trinajstić information content (AvgIpc) is 3.86. The molecule has 1 aliphatic heterocycles. The van der Waals surface area contributed by atoms with E-state index in [1.165, 1.54) is 32.1 Å². The quantitative estimate of drug-likeness (QED) is 0.0155. The first-order valence-electron chi connectivity index (χ1n) is 20.5. The van der Waals surface area contributed by atoms with Crippen molar-refractivity contribution in [2.24, 2.45) is 0 Å². The number of phosphoric acid groups is 1. The van der Waals surface area contributed by atoms with Crippen LogP contribution in [0.4, 0.5) is 0 Å². The third-order valence-corrected chi connectivity index (χ3v) is 9.69. The number of carbonyl (C=O) groups excluding carboxylic acids is 2. The molecule has 0 saturated carbocycles. The molecule has 306 valence electrons. The molecule has 0 aliphatic carbocycles. The van der Waals surface area contributed by atoms with Crippen molar-refractivity contribution in [2.45, 2.75) is 161 Å². The summed E-state index contributed by atoms with van der Waals surface area (Å²) in [6, 6.07) is 0. The van der Waals surface area contributed by atoms with Gasteiger partial charge in [-0.05, 0) is 70.6 Å². The number of ether oxygens (including phenoxy) is 3. The lowest BCUT2D eigenvalue weighted by Crippen LogP contribution is -2.37. The molecule has 1 heterocycles. The molecular formula is C42H74NO9P. The molecule has 11 heteroatoms. The largest absolute Gasteiger partial charge is 0.756 e. The lowest BCUT2D eigenvalue weighted by atomic mass is 10.1. The molecule has 0 aromatic carbocycles. The van der Waals surface area contributed by atoms with Gasteiger partial charge in [-0.15, -0.1) is 0 Å². The van der Waals surface area contributed by atoms with Gasteiger partial charge in [0, 0.05) is 12.8 Å². The molecule has 0 radical (unpaired) electrons. The first-order valence-corrected chi connectivity index (χ1v) is 21.9. The minimum Gasteiger partial charge on any atom is -0.756 e.